The van der Waals surface area contributed by atoms with Crippen molar-refractivity contribution < 1.29 is 28.9 Å². The summed E-state index contributed by atoms with van der Waals surface area (Å²) in [5, 5.41) is 2.01. The van der Waals surface area contributed by atoms with Gasteiger partial charge in [0, 0.05) is 49.5 Å². The Morgan fingerprint density at radius 3 is 2.02 bits per heavy atom. The summed E-state index contributed by atoms with van der Waals surface area (Å²) in [7, 11) is 0. The minimum atomic E-state index is 0. The molecule has 0 aliphatic heterocycles. The summed E-state index contributed by atoms with van der Waals surface area (Å²) < 4.78 is 12.4. The number of hydrogen-bond acceptors (Lipinski definition) is 5. The number of aryl methyl sites for hydroxylation is 1. The molecule has 51 heavy (non-hydrogen) atoms. The fourth-order valence-corrected chi connectivity index (χ4v) is 6.30. The molecule has 0 N–H and O–H groups in total. The van der Waals surface area contributed by atoms with Gasteiger partial charge in [0.1, 0.15) is 11.1 Å². The van der Waals surface area contributed by atoms with Crippen molar-refractivity contribution in [3.05, 3.63) is 138 Å². The first-order chi connectivity index (χ1) is 24.2. The number of nitrogens with zero attached hydrogens (tertiary/aromatic N) is 3. The van der Waals surface area contributed by atoms with Gasteiger partial charge in [-0.1, -0.05) is 101 Å². The van der Waals surface area contributed by atoms with E-state index in [-0.39, 0.29) is 20.1 Å². The van der Waals surface area contributed by atoms with Crippen LogP contribution in [0.4, 0.5) is 0 Å². The Hall–Kier alpha value is -4.90. The van der Waals surface area contributed by atoms with Crippen LogP contribution in [0.1, 0.15) is 81.5 Å². The van der Waals surface area contributed by atoms with Gasteiger partial charge >= 0.3 is 0 Å². The van der Waals surface area contributed by atoms with Crippen molar-refractivity contribution in [3.63, 3.8) is 0 Å². The number of furan rings is 1. The molecule has 0 aliphatic rings. The number of aromatic nitrogens is 3. The standard InChI is InChI=1S/C27H19N2O2.C18H22N.Ir/c1-16(2)18-11-12-28-22(13-18)20-10-6-9-19-21-14-25-23(15-24(21)30-26(19)20)29-27(31-25)17-7-4-3-5-8-17;1-12(2)15-8-9-19-18(11-15)16-7-6-14(5)17(10-16)13(3)4;/h3-9,11-16H,1-2H3;6,8-13H,1-5H3;/q2*-1;. The number of fused-ring (bicyclic) bond motifs is 4. The van der Waals surface area contributed by atoms with E-state index in [2.05, 4.69) is 112 Å². The molecule has 6 heteroatoms. The molecule has 0 aliphatic carbocycles. The quantitative estimate of drug-likeness (QED) is 0.156. The average Bonchev–Trinajstić information content (AvgIpc) is 3.72. The summed E-state index contributed by atoms with van der Waals surface area (Å²) in [6.45, 7) is 15.4. The van der Waals surface area contributed by atoms with E-state index in [1.165, 1.54) is 22.3 Å². The van der Waals surface area contributed by atoms with Crippen LogP contribution < -0.4 is 0 Å². The van der Waals surface area contributed by atoms with Crippen LogP contribution in [0.2, 0.25) is 0 Å². The van der Waals surface area contributed by atoms with Crippen LogP contribution in [-0.4, -0.2) is 15.0 Å². The van der Waals surface area contributed by atoms with E-state index in [1.54, 1.807) is 0 Å². The van der Waals surface area contributed by atoms with Gasteiger partial charge in [0.15, 0.2) is 5.58 Å². The Morgan fingerprint density at radius 2 is 1.33 bits per heavy atom. The van der Waals surface area contributed by atoms with Gasteiger partial charge < -0.3 is 18.8 Å². The fourth-order valence-electron chi connectivity index (χ4n) is 6.30. The summed E-state index contributed by atoms with van der Waals surface area (Å²) in [6.07, 6.45) is 3.75. The van der Waals surface area contributed by atoms with E-state index >= 15 is 0 Å². The van der Waals surface area contributed by atoms with Gasteiger partial charge in [0.25, 0.3) is 0 Å². The summed E-state index contributed by atoms with van der Waals surface area (Å²) >= 11 is 0. The third kappa shape index (κ3) is 7.44. The predicted octanol–water partition coefficient (Wildman–Crippen LogP) is 12.5. The van der Waals surface area contributed by atoms with E-state index in [9.17, 15) is 0 Å². The van der Waals surface area contributed by atoms with Crippen LogP contribution in [0.15, 0.2) is 112 Å². The van der Waals surface area contributed by atoms with Crippen LogP contribution >= 0.6 is 0 Å². The van der Waals surface area contributed by atoms with Crippen LogP contribution in [0, 0.1) is 19.1 Å². The van der Waals surface area contributed by atoms with Crippen LogP contribution in [0.5, 0.6) is 0 Å². The topological polar surface area (TPSA) is 65.0 Å². The minimum absolute atomic E-state index is 0. The zero-order valence-electron chi connectivity index (χ0n) is 30.0. The van der Waals surface area contributed by atoms with E-state index in [1.807, 2.05) is 67.0 Å². The molecule has 1 radical (unpaired) electrons. The molecule has 8 rings (SSSR count). The van der Waals surface area contributed by atoms with E-state index in [0.717, 1.165) is 61.1 Å². The molecule has 4 aromatic heterocycles. The zero-order chi connectivity index (χ0) is 34.9. The first kappa shape index (κ1) is 35.9. The van der Waals surface area contributed by atoms with Crippen LogP contribution in [-0.2, 0) is 20.1 Å². The number of rotatable bonds is 6. The number of pyridine rings is 2. The Balaban J connectivity index is 0.000000194. The summed E-state index contributed by atoms with van der Waals surface area (Å²) in [4.78, 5) is 13.7. The zero-order valence-corrected chi connectivity index (χ0v) is 32.4. The summed E-state index contributed by atoms with van der Waals surface area (Å²) in [5.74, 6) is 2.09. The second-order valence-corrected chi connectivity index (χ2v) is 13.8. The van der Waals surface area contributed by atoms with Crippen molar-refractivity contribution in [3.8, 4) is 34.0 Å². The Morgan fingerprint density at radius 1 is 0.647 bits per heavy atom. The van der Waals surface area contributed by atoms with Gasteiger partial charge in [0.05, 0.1) is 5.58 Å². The SMILES string of the molecule is CC(C)c1ccnc(-c2[c-]ccc3c2oc2cc4nc(-c5ccccc5)oc4cc23)c1.Cc1c[c-]c(-c2cc(C(C)C)ccn2)cc1C(C)C.[Ir]. The Bertz CT molecular complexity index is 2440. The number of oxazole rings is 1. The largest absolute Gasteiger partial charge is 0.501 e. The molecule has 5 nitrogen and oxygen atoms in total. The third-order valence-corrected chi connectivity index (χ3v) is 9.22. The van der Waals surface area contributed by atoms with Crippen molar-refractivity contribution in [2.75, 3.05) is 0 Å². The Kier molecular flexibility index (Phi) is 10.7. The maximum atomic E-state index is 6.31. The normalized spacial score (nSPS) is 11.4. The smallest absolute Gasteiger partial charge is 0.227 e. The maximum absolute atomic E-state index is 6.31. The second kappa shape index (κ2) is 15.1. The van der Waals surface area contributed by atoms with Gasteiger partial charge in [-0.3, -0.25) is 0 Å². The Labute approximate surface area is 313 Å². The molecule has 0 atom stereocenters. The third-order valence-electron chi connectivity index (χ3n) is 9.22. The number of benzene rings is 4. The van der Waals surface area contributed by atoms with Crippen molar-refractivity contribution in [2.45, 2.75) is 66.2 Å². The fraction of sp³-hybridized carbons (Fsp3) is 0.222. The van der Waals surface area contributed by atoms with E-state index in [0.29, 0.717) is 23.6 Å². The molecular formula is C45H41IrN3O2-2. The first-order valence-corrected chi connectivity index (χ1v) is 17.3. The molecule has 8 aromatic rings. The van der Waals surface area contributed by atoms with E-state index in [4.69, 9.17) is 8.83 Å². The molecule has 259 valence electrons. The molecule has 4 heterocycles. The van der Waals surface area contributed by atoms with Gasteiger partial charge in [-0.15, -0.1) is 53.1 Å². The monoisotopic (exact) mass is 848 g/mol. The molecule has 0 bridgehead atoms. The molecule has 0 spiro atoms. The van der Waals surface area contributed by atoms with Crippen molar-refractivity contribution in [1.82, 2.24) is 15.0 Å². The molecule has 0 unspecified atom stereocenters. The van der Waals surface area contributed by atoms with Gasteiger partial charge in [-0.05, 0) is 59.5 Å². The summed E-state index contributed by atoms with van der Waals surface area (Å²) in [6, 6.07) is 37.2. The second-order valence-electron chi connectivity index (χ2n) is 13.8. The van der Waals surface area contributed by atoms with Crippen LogP contribution in [0.25, 0.3) is 67.0 Å². The van der Waals surface area contributed by atoms with Gasteiger partial charge in [-0.2, -0.15) is 0 Å². The first-order valence-electron chi connectivity index (χ1n) is 17.3. The number of hydrogen-bond donors (Lipinski definition) is 0. The van der Waals surface area contributed by atoms with Crippen molar-refractivity contribution in [2.24, 2.45) is 0 Å². The van der Waals surface area contributed by atoms with Crippen molar-refractivity contribution in [1.29, 1.82) is 0 Å². The van der Waals surface area contributed by atoms with E-state index < -0.39 is 0 Å². The van der Waals surface area contributed by atoms with Crippen LogP contribution in [0.3, 0.4) is 0 Å². The molecule has 0 saturated carbocycles. The molecular weight excluding hydrogens is 807 g/mol. The van der Waals surface area contributed by atoms with Gasteiger partial charge in [0.2, 0.25) is 5.89 Å². The molecule has 0 fully saturated rings. The minimum Gasteiger partial charge on any atom is -0.501 e. The molecule has 0 saturated heterocycles. The van der Waals surface area contributed by atoms with Gasteiger partial charge in [-0.25, -0.2) is 4.98 Å². The summed E-state index contributed by atoms with van der Waals surface area (Å²) in [5.41, 5.74) is 13.1. The molecule has 4 aromatic carbocycles. The maximum Gasteiger partial charge on any atom is 0.227 e. The predicted molar refractivity (Wildman–Crippen MR) is 204 cm³/mol. The van der Waals surface area contributed by atoms with Crippen molar-refractivity contribution >= 4 is 33.0 Å². The molecule has 0 amide bonds. The average molecular weight is 848 g/mol.